The van der Waals surface area contributed by atoms with Crippen LogP contribution in [0.5, 0.6) is 0 Å². The van der Waals surface area contributed by atoms with Gasteiger partial charge in [0.15, 0.2) is 12.1 Å². The van der Waals surface area contributed by atoms with E-state index < -0.39 is 0 Å². The Labute approximate surface area is 104 Å². The van der Waals surface area contributed by atoms with Crippen LogP contribution in [0.1, 0.15) is 23.1 Å². The number of hydrogen-bond donors (Lipinski definition) is 1. The molecule has 0 bridgehead atoms. The maximum absolute atomic E-state index is 10.9. The van der Waals surface area contributed by atoms with Crippen LogP contribution < -0.4 is 5.32 Å². The summed E-state index contributed by atoms with van der Waals surface area (Å²) in [5, 5.41) is 2.70. The molecule has 5 nitrogen and oxygen atoms in total. The Balaban J connectivity index is 2.11. The maximum atomic E-state index is 10.9. The van der Waals surface area contributed by atoms with E-state index in [2.05, 4.69) is 10.3 Å². The number of carbonyl (C=O) groups excluding carboxylic acids is 2. The van der Waals surface area contributed by atoms with Crippen LogP contribution in [0.3, 0.4) is 0 Å². The Kier molecular flexibility index (Phi) is 3.52. The number of aldehydes is 1. The molecule has 0 saturated carbocycles. The lowest BCUT2D eigenvalue weighted by molar-refractivity contribution is -0.114. The highest BCUT2D eigenvalue weighted by Crippen LogP contribution is 2.11. The fraction of sp³-hybridized carbons (Fsp3) is 0.154. The summed E-state index contributed by atoms with van der Waals surface area (Å²) in [4.78, 5) is 25.5. The van der Waals surface area contributed by atoms with Crippen molar-refractivity contribution in [1.29, 1.82) is 0 Å². The van der Waals surface area contributed by atoms with E-state index in [9.17, 15) is 9.59 Å². The third kappa shape index (κ3) is 2.82. The minimum Gasteiger partial charge on any atom is -0.326 e. The second-order valence-electron chi connectivity index (χ2n) is 3.91. The number of aromatic nitrogens is 2. The Bertz CT molecular complexity index is 558. The zero-order valence-electron chi connectivity index (χ0n) is 9.96. The molecule has 1 N–H and O–H groups in total. The first-order valence-corrected chi connectivity index (χ1v) is 5.52. The predicted molar refractivity (Wildman–Crippen MR) is 67.5 cm³/mol. The maximum Gasteiger partial charge on any atom is 0.221 e. The first-order chi connectivity index (χ1) is 8.69. The molecule has 92 valence electrons. The molecular weight excluding hydrogens is 230 g/mol. The predicted octanol–water partition coefficient (Wildman–Crippen LogP) is 1.70. The van der Waals surface area contributed by atoms with E-state index in [1.54, 1.807) is 17.0 Å². The number of nitrogens with one attached hydrogen (secondary N) is 1. The zero-order chi connectivity index (χ0) is 13.0. The standard InChI is InChI=1S/C13H13N3O2/c1-10(18)15-12-4-2-11(3-5-12)8-16-7-6-14-13(16)9-17/h2-7,9H,8H2,1H3,(H,15,18). The van der Waals surface area contributed by atoms with E-state index in [1.807, 2.05) is 24.3 Å². The van der Waals surface area contributed by atoms with Crippen LogP contribution in [0.2, 0.25) is 0 Å². The van der Waals surface area contributed by atoms with Gasteiger partial charge in [0.05, 0.1) is 0 Å². The summed E-state index contributed by atoms with van der Waals surface area (Å²) < 4.78 is 1.76. The number of imidazole rings is 1. The highest BCUT2D eigenvalue weighted by atomic mass is 16.1. The molecule has 0 aliphatic carbocycles. The number of hydrogen-bond acceptors (Lipinski definition) is 3. The van der Waals surface area contributed by atoms with Gasteiger partial charge in [-0.25, -0.2) is 4.98 Å². The van der Waals surface area contributed by atoms with Gasteiger partial charge < -0.3 is 9.88 Å². The quantitative estimate of drug-likeness (QED) is 0.831. The molecule has 18 heavy (non-hydrogen) atoms. The van der Waals surface area contributed by atoms with Gasteiger partial charge in [-0.15, -0.1) is 0 Å². The Morgan fingerprint density at radius 3 is 2.72 bits per heavy atom. The lowest BCUT2D eigenvalue weighted by Crippen LogP contribution is -2.06. The van der Waals surface area contributed by atoms with Gasteiger partial charge in [0, 0.05) is 31.5 Å². The van der Waals surface area contributed by atoms with Crippen LogP contribution in [-0.2, 0) is 11.3 Å². The smallest absolute Gasteiger partial charge is 0.221 e. The summed E-state index contributed by atoms with van der Waals surface area (Å²) in [5.74, 6) is 0.307. The number of rotatable bonds is 4. The van der Waals surface area contributed by atoms with Gasteiger partial charge in [0.1, 0.15) is 0 Å². The SMILES string of the molecule is CC(=O)Nc1ccc(Cn2ccnc2C=O)cc1. The van der Waals surface area contributed by atoms with Crippen molar-refractivity contribution in [3.8, 4) is 0 Å². The second kappa shape index (κ2) is 5.27. The number of carbonyl (C=O) groups is 2. The van der Waals surface area contributed by atoms with Crippen molar-refractivity contribution >= 4 is 17.9 Å². The molecule has 1 aromatic carbocycles. The van der Waals surface area contributed by atoms with Gasteiger partial charge in [-0.1, -0.05) is 12.1 Å². The van der Waals surface area contributed by atoms with Crippen LogP contribution in [0, 0.1) is 0 Å². The molecule has 1 heterocycles. The van der Waals surface area contributed by atoms with Crippen molar-refractivity contribution in [1.82, 2.24) is 9.55 Å². The van der Waals surface area contributed by atoms with Gasteiger partial charge in [0.25, 0.3) is 0 Å². The average Bonchev–Trinajstić information content (AvgIpc) is 2.78. The highest BCUT2D eigenvalue weighted by Gasteiger charge is 2.02. The lowest BCUT2D eigenvalue weighted by atomic mass is 10.2. The van der Waals surface area contributed by atoms with Crippen LogP contribution in [0.15, 0.2) is 36.7 Å². The molecular formula is C13H13N3O2. The lowest BCUT2D eigenvalue weighted by Gasteiger charge is -2.06. The first-order valence-electron chi connectivity index (χ1n) is 5.52. The molecule has 0 aliphatic heterocycles. The van der Waals surface area contributed by atoms with Crippen LogP contribution >= 0.6 is 0 Å². The summed E-state index contributed by atoms with van der Waals surface area (Å²) in [6, 6.07) is 7.46. The van der Waals surface area contributed by atoms with Crippen molar-refractivity contribution < 1.29 is 9.59 Å². The molecule has 0 radical (unpaired) electrons. The van der Waals surface area contributed by atoms with Crippen molar-refractivity contribution in [2.24, 2.45) is 0 Å². The molecule has 0 atom stereocenters. The minimum absolute atomic E-state index is 0.0967. The van der Waals surface area contributed by atoms with Crippen molar-refractivity contribution in [2.75, 3.05) is 5.32 Å². The number of benzene rings is 1. The molecule has 0 fully saturated rings. The van der Waals surface area contributed by atoms with E-state index in [4.69, 9.17) is 0 Å². The molecule has 2 aromatic rings. The highest BCUT2D eigenvalue weighted by molar-refractivity contribution is 5.88. The van der Waals surface area contributed by atoms with Crippen LogP contribution in [-0.4, -0.2) is 21.7 Å². The number of anilines is 1. The fourth-order valence-corrected chi connectivity index (χ4v) is 1.67. The number of amides is 1. The molecule has 0 saturated heterocycles. The first kappa shape index (κ1) is 12.0. The van der Waals surface area contributed by atoms with Crippen molar-refractivity contribution in [3.63, 3.8) is 0 Å². The van der Waals surface area contributed by atoms with E-state index in [-0.39, 0.29) is 5.91 Å². The van der Waals surface area contributed by atoms with Crippen molar-refractivity contribution in [3.05, 3.63) is 48.0 Å². The fourth-order valence-electron chi connectivity index (χ4n) is 1.67. The topological polar surface area (TPSA) is 64.0 Å². The van der Waals surface area contributed by atoms with Crippen LogP contribution in [0.25, 0.3) is 0 Å². The third-order valence-electron chi connectivity index (χ3n) is 2.48. The summed E-state index contributed by atoms with van der Waals surface area (Å²) in [5.41, 5.74) is 1.79. The largest absolute Gasteiger partial charge is 0.326 e. The molecule has 0 spiro atoms. The van der Waals surface area contributed by atoms with E-state index in [1.165, 1.54) is 6.92 Å². The van der Waals surface area contributed by atoms with Crippen LogP contribution in [0.4, 0.5) is 5.69 Å². The Morgan fingerprint density at radius 1 is 1.39 bits per heavy atom. The molecule has 2 rings (SSSR count). The molecule has 0 aliphatic rings. The zero-order valence-corrected chi connectivity index (χ0v) is 9.96. The van der Waals surface area contributed by atoms with E-state index >= 15 is 0 Å². The summed E-state index contributed by atoms with van der Waals surface area (Å²) in [6.07, 6.45) is 4.08. The molecule has 5 heteroatoms. The van der Waals surface area contributed by atoms with Gasteiger partial charge in [0.2, 0.25) is 5.91 Å². The van der Waals surface area contributed by atoms with Gasteiger partial charge >= 0.3 is 0 Å². The normalized spacial score (nSPS) is 10.1. The Hall–Kier alpha value is -2.43. The van der Waals surface area contributed by atoms with Gasteiger partial charge in [-0.05, 0) is 17.7 Å². The third-order valence-corrected chi connectivity index (χ3v) is 2.48. The molecule has 0 unspecified atom stereocenters. The van der Waals surface area contributed by atoms with Gasteiger partial charge in [-0.2, -0.15) is 0 Å². The minimum atomic E-state index is -0.0967. The van der Waals surface area contributed by atoms with Crippen molar-refractivity contribution in [2.45, 2.75) is 13.5 Å². The van der Waals surface area contributed by atoms with E-state index in [0.717, 1.165) is 17.5 Å². The monoisotopic (exact) mass is 243 g/mol. The summed E-state index contributed by atoms with van der Waals surface area (Å²) in [6.45, 7) is 2.05. The average molecular weight is 243 g/mol. The summed E-state index contributed by atoms with van der Waals surface area (Å²) in [7, 11) is 0. The van der Waals surface area contributed by atoms with Gasteiger partial charge in [-0.3, -0.25) is 9.59 Å². The number of nitrogens with zero attached hydrogens (tertiary/aromatic N) is 2. The molecule has 1 amide bonds. The Morgan fingerprint density at radius 2 is 2.11 bits per heavy atom. The summed E-state index contributed by atoms with van der Waals surface area (Å²) >= 11 is 0. The van der Waals surface area contributed by atoms with E-state index in [0.29, 0.717) is 12.4 Å². The second-order valence-corrected chi connectivity index (χ2v) is 3.91. The molecule has 1 aromatic heterocycles.